The molecular formula is C17H18N4O6S3. The number of β-lactam (4-membered cyclic amide) rings is 1. The number of fused-ring (bicyclic) bond motifs is 1. The van der Waals surface area contributed by atoms with Gasteiger partial charge in [0.2, 0.25) is 0 Å². The number of rotatable bonds is 8. The van der Waals surface area contributed by atoms with Crippen LogP contribution in [0, 0.1) is 0 Å². The lowest BCUT2D eigenvalue weighted by atomic mass is 10.0. The third-order valence-electron chi connectivity index (χ3n) is 4.38. The molecule has 0 radical (unpaired) electrons. The standard InChI is InChI=1S/C17H18N4O6S3/c1-28-4-7-5-29-15-11(14(25)21(15)12(7)16(26)27)20-13(24)8(2-3-10(22)23)9-6-30-17(18)19-9/h2,6,11,15H,3-5H2,1H3,(H2,18,19)(H,20,24)(H,22,23)(H,26,27)/b8-2+/t11-,15-/m1/s1. The largest absolute Gasteiger partial charge is 0.481 e. The van der Waals surface area contributed by atoms with Crippen LogP contribution in [0.25, 0.3) is 5.57 Å². The predicted molar refractivity (Wildman–Crippen MR) is 115 cm³/mol. The summed E-state index contributed by atoms with van der Waals surface area (Å²) in [6, 6.07) is -0.920. The van der Waals surface area contributed by atoms with Gasteiger partial charge in [0.25, 0.3) is 11.8 Å². The minimum Gasteiger partial charge on any atom is -0.481 e. The molecule has 30 heavy (non-hydrogen) atoms. The van der Waals surface area contributed by atoms with Crippen molar-refractivity contribution >= 4 is 69.3 Å². The summed E-state index contributed by atoms with van der Waals surface area (Å²) in [5, 5.41) is 22.3. The van der Waals surface area contributed by atoms with Gasteiger partial charge in [0.15, 0.2) is 5.13 Å². The van der Waals surface area contributed by atoms with Gasteiger partial charge in [-0.2, -0.15) is 11.8 Å². The molecule has 1 saturated heterocycles. The Morgan fingerprint density at radius 2 is 2.17 bits per heavy atom. The normalized spacial score (nSPS) is 21.2. The van der Waals surface area contributed by atoms with Crippen LogP contribution in [-0.2, 0) is 19.2 Å². The van der Waals surface area contributed by atoms with Gasteiger partial charge in [-0.1, -0.05) is 6.08 Å². The molecule has 13 heteroatoms. The number of nitrogens with zero attached hydrogens (tertiary/aromatic N) is 2. The molecule has 2 aliphatic heterocycles. The van der Waals surface area contributed by atoms with Crippen molar-refractivity contribution in [3.05, 3.63) is 28.4 Å². The Morgan fingerprint density at radius 3 is 2.73 bits per heavy atom. The Kier molecular flexibility index (Phi) is 6.73. The van der Waals surface area contributed by atoms with Crippen molar-refractivity contribution < 1.29 is 29.4 Å². The van der Waals surface area contributed by atoms with Crippen LogP contribution in [0.15, 0.2) is 22.7 Å². The Morgan fingerprint density at radius 1 is 1.43 bits per heavy atom. The number of nitrogen functional groups attached to an aromatic ring is 1. The third-order valence-corrected chi connectivity index (χ3v) is 7.03. The number of anilines is 1. The number of carbonyl (C=O) groups is 4. The molecule has 0 saturated carbocycles. The van der Waals surface area contributed by atoms with Gasteiger partial charge in [-0.3, -0.25) is 19.3 Å². The summed E-state index contributed by atoms with van der Waals surface area (Å²) in [7, 11) is 0. The molecule has 2 aliphatic rings. The van der Waals surface area contributed by atoms with Crippen LogP contribution < -0.4 is 11.1 Å². The van der Waals surface area contributed by atoms with Crippen molar-refractivity contribution in [3.63, 3.8) is 0 Å². The number of hydrogen-bond acceptors (Lipinski definition) is 9. The summed E-state index contributed by atoms with van der Waals surface area (Å²) in [4.78, 5) is 53.3. The molecule has 2 atom stereocenters. The highest BCUT2D eigenvalue weighted by molar-refractivity contribution is 8.00. The number of aromatic nitrogens is 1. The van der Waals surface area contributed by atoms with Gasteiger partial charge in [0, 0.05) is 16.9 Å². The molecule has 0 unspecified atom stereocenters. The number of nitrogens with one attached hydrogen (secondary N) is 1. The summed E-state index contributed by atoms with van der Waals surface area (Å²) in [5.74, 6) is -2.57. The second kappa shape index (κ2) is 9.10. The maximum Gasteiger partial charge on any atom is 0.352 e. The lowest BCUT2D eigenvalue weighted by Crippen LogP contribution is -2.70. The van der Waals surface area contributed by atoms with Gasteiger partial charge in [-0.15, -0.1) is 23.1 Å². The average molecular weight is 471 g/mol. The van der Waals surface area contributed by atoms with Crippen molar-refractivity contribution in [2.45, 2.75) is 17.8 Å². The molecule has 0 spiro atoms. The second-order valence-electron chi connectivity index (χ2n) is 6.34. The minimum atomic E-state index is -1.18. The van der Waals surface area contributed by atoms with E-state index in [1.165, 1.54) is 39.9 Å². The zero-order valence-electron chi connectivity index (χ0n) is 15.7. The molecule has 160 valence electrons. The van der Waals surface area contributed by atoms with Crippen molar-refractivity contribution in [2.75, 3.05) is 23.5 Å². The van der Waals surface area contributed by atoms with Crippen LogP contribution >= 0.6 is 34.9 Å². The molecule has 1 fully saturated rings. The summed E-state index contributed by atoms with van der Waals surface area (Å²) >= 11 is 3.94. The fourth-order valence-electron chi connectivity index (χ4n) is 3.10. The molecule has 3 heterocycles. The van der Waals surface area contributed by atoms with Gasteiger partial charge in [-0.25, -0.2) is 9.78 Å². The van der Waals surface area contributed by atoms with Gasteiger partial charge in [-0.05, 0) is 11.8 Å². The van der Waals surface area contributed by atoms with Crippen LogP contribution in [0.1, 0.15) is 12.1 Å². The first kappa shape index (κ1) is 22.2. The monoisotopic (exact) mass is 470 g/mol. The quantitative estimate of drug-likeness (QED) is 0.314. The van der Waals surface area contributed by atoms with E-state index in [-0.39, 0.29) is 22.1 Å². The molecule has 0 aromatic carbocycles. The van der Waals surface area contributed by atoms with Gasteiger partial charge < -0.3 is 21.3 Å². The van der Waals surface area contributed by atoms with Crippen molar-refractivity contribution in [1.29, 1.82) is 0 Å². The molecule has 10 nitrogen and oxygen atoms in total. The summed E-state index contributed by atoms with van der Waals surface area (Å²) < 4.78 is 0. The van der Waals surface area contributed by atoms with E-state index < -0.39 is 41.6 Å². The van der Waals surface area contributed by atoms with Gasteiger partial charge >= 0.3 is 11.9 Å². The molecule has 0 aliphatic carbocycles. The highest BCUT2D eigenvalue weighted by Gasteiger charge is 2.54. The molecule has 3 rings (SSSR count). The molecule has 2 amide bonds. The van der Waals surface area contributed by atoms with Gasteiger partial charge in [0.1, 0.15) is 17.1 Å². The van der Waals surface area contributed by atoms with Crippen LogP contribution in [0.5, 0.6) is 0 Å². The number of thioether (sulfide) groups is 2. The Labute approximate surface area is 183 Å². The van der Waals surface area contributed by atoms with Crippen LogP contribution in [0.3, 0.4) is 0 Å². The molecular weight excluding hydrogens is 452 g/mol. The van der Waals surface area contributed by atoms with E-state index in [0.29, 0.717) is 17.1 Å². The van der Waals surface area contributed by atoms with Crippen molar-refractivity contribution in [1.82, 2.24) is 15.2 Å². The molecule has 5 N–H and O–H groups in total. The van der Waals surface area contributed by atoms with E-state index >= 15 is 0 Å². The molecule has 1 aromatic rings. The van der Waals surface area contributed by atoms with Crippen LogP contribution in [0.2, 0.25) is 0 Å². The third kappa shape index (κ3) is 4.32. The summed E-state index contributed by atoms with van der Waals surface area (Å²) in [6.45, 7) is 0. The number of hydrogen-bond donors (Lipinski definition) is 4. The first-order valence-electron chi connectivity index (χ1n) is 8.57. The number of aliphatic carboxylic acids is 2. The number of carbonyl (C=O) groups excluding carboxylic acids is 2. The molecule has 1 aromatic heterocycles. The molecule has 0 bridgehead atoms. The van der Waals surface area contributed by atoms with E-state index in [4.69, 9.17) is 10.8 Å². The smallest absolute Gasteiger partial charge is 0.352 e. The van der Waals surface area contributed by atoms with E-state index in [0.717, 1.165) is 11.3 Å². The first-order valence-corrected chi connectivity index (χ1v) is 11.9. The minimum absolute atomic E-state index is 0.00511. The highest BCUT2D eigenvalue weighted by Crippen LogP contribution is 2.41. The number of thiazole rings is 1. The number of carboxylic acids is 2. The summed E-state index contributed by atoms with van der Waals surface area (Å²) in [6.07, 6.45) is 2.65. The van der Waals surface area contributed by atoms with Crippen molar-refractivity contribution in [3.8, 4) is 0 Å². The van der Waals surface area contributed by atoms with E-state index in [2.05, 4.69) is 10.3 Å². The highest BCUT2D eigenvalue weighted by atomic mass is 32.2. The second-order valence-corrected chi connectivity index (χ2v) is 9.20. The predicted octanol–water partition coefficient (Wildman–Crippen LogP) is 0.685. The van der Waals surface area contributed by atoms with Gasteiger partial charge in [0.05, 0.1) is 17.7 Å². The van der Waals surface area contributed by atoms with E-state index in [1.54, 1.807) is 0 Å². The Hall–Kier alpha value is -2.51. The van der Waals surface area contributed by atoms with Crippen LogP contribution in [-0.4, -0.2) is 73.0 Å². The maximum absolute atomic E-state index is 12.8. The fourth-order valence-corrected chi connectivity index (χ4v) is 5.73. The number of amides is 2. The lowest BCUT2D eigenvalue weighted by Gasteiger charge is -2.49. The zero-order valence-corrected chi connectivity index (χ0v) is 18.1. The zero-order chi connectivity index (χ0) is 22.0. The Balaban J connectivity index is 1.80. The average Bonchev–Trinajstić information content (AvgIpc) is 3.11. The Bertz CT molecular complexity index is 972. The fraction of sp³-hybridized carbons (Fsp3) is 0.353. The van der Waals surface area contributed by atoms with Crippen molar-refractivity contribution in [2.24, 2.45) is 0 Å². The SMILES string of the molecule is CSCC1=C(C(=O)O)N2C(=O)[C@@H](NC(=O)/C(=C/CC(=O)O)c3csc(N)n3)[C@H]2SC1. The lowest BCUT2D eigenvalue weighted by molar-refractivity contribution is -0.150. The number of nitrogens with two attached hydrogens (primary N) is 1. The topological polar surface area (TPSA) is 163 Å². The first-order chi connectivity index (χ1) is 14.2. The van der Waals surface area contributed by atoms with Crippen LogP contribution in [0.4, 0.5) is 5.13 Å². The number of carboxylic acid groups (broad SMARTS) is 2. The summed E-state index contributed by atoms with van der Waals surface area (Å²) in [5.41, 5.74) is 6.45. The maximum atomic E-state index is 12.8. The van der Waals surface area contributed by atoms with E-state index in [9.17, 15) is 24.3 Å². The van der Waals surface area contributed by atoms with E-state index in [1.807, 2.05) is 6.26 Å².